The first-order valence-electron chi connectivity index (χ1n) is 3.96. The zero-order chi connectivity index (χ0) is 10.6. The highest BCUT2D eigenvalue weighted by atomic mass is 16.5. The van der Waals surface area contributed by atoms with E-state index in [9.17, 15) is 9.59 Å². The van der Waals surface area contributed by atoms with E-state index in [-0.39, 0.29) is 12.6 Å². The summed E-state index contributed by atoms with van der Waals surface area (Å²) < 4.78 is 9.05. The summed E-state index contributed by atoms with van der Waals surface area (Å²) in [6.07, 6.45) is 0. The van der Waals surface area contributed by atoms with Gasteiger partial charge in [0, 0.05) is 0 Å². The van der Waals surface area contributed by atoms with E-state index < -0.39 is 11.9 Å². The molecule has 0 saturated heterocycles. The maximum absolute atomic E-state index is 11.2. The molecule has 14 heavy (non-hydrogen) atoms. The largest absolute Gasteiger partial charge is 1.00 e. The smallest absolute Gasteiger partial charge is 0.465 e. The van der Waals surface area contributed by atoms with Gasteiger partial charge in [-0.25, -0.2) is 9.59 Å². The average Bonchev–Trinajstić information content (AvgIpc) is 2.27. The summed E-state index contributed by atoms with van der Waals surface area (Å²) in [6.45, 7) is 0. The van der Waals surface area contributed by atoms with E-state index in [0.717, 1.165) is 0 Å². The molecule has 0 N–H and O–H groups in total. The Hall–Kier alpha value is -1.84. The molecular weight excluding hydrogens is 184 g/mol. The lowest BCUT2D eigenvalue weighted by molar-refractivity contribution is 0.0555. The van der Waals surface area contributed by atoms with Crippen LogP contribution in [0.1, 0.15) is 22.1 Å². The number of rotatable bonds is 2. The van der Waals surface area contributed by atoms with Crippen LogP contribution in [0.4, 0.5) is 0 Å². The fourth-order valence-corrected chi connectivity index (χ4v) is 1.06. The van der Waals surface area contributed by atoms with Crippen molar-refractivity contribution >= 4 is 11.9 Å². The van der Waals surface area contributed by atoms with Crippen molar-refractivity contribution < 1.29 is 20.5 Å². The van der Waals surface area contributed by atoms with Crippen molar-refractivity contribution in [2.24, 2.45) is 0 Å². The van der Waals surface area contributed by atoms with E-state index in [2.05, 4.69) is 9.47 Å². The van der Waals surface area contributed by atoms with Crippen molar-refractivity contribution in [3.8, 4) is 0 Å². The third-order valence-electron chi connectivity index (χ3n) is 1.74. The third kappa shape index (κ3) is 1.90. The molecule has 0 heterocycles. The van der Waals surface area contributed by atoms with Crippen LogP contribution in [0.2, 0.25) is 0 Å². The minimum absolute atomic E-state index is 0. The van der Waals surface area contributed by atoms with E-state index in [4.69, 9.17) is 0 Å². The van der Waals surface area contributed by atoms with E-state index >= 15 is 0 Å². The van der Waals surface area contributed by atoms with Crippen LogP contribution in [0, 0.1) is 0 Å². The molecule has 0 aliphatic heterocycles. The van der Waals surface area contributed by atoms with E-state index in [1.165, 1.54) is 26.4 Å². The molecule has 4 nitrogen and oxygen atoms in total. The second-order valence-corrected chi connectivity index (χ2v) is 2.53. The van der Waals surface area contributed by atoms with Crippen LogP contribution in [0.15, 0.2) is 24.3 Å². The summed E-state index contributed by atoms with van der Waals surface area (Å²) in [6, 6.07) is 6.33. The van der Waals surface area contributed by atoms with Crippen LogP contribution in [-0.4, -0.2) is 26.2 Å². The highest BCUT2D eigenvalue weighted by Gasteiger charge is 2.16. The van der Waals surface area contributed by atoms with Gasteiger partial charge in [-0.2, -0.15) is 0 Å². The van der Waals surface area contributed by atoms with Crippen molar-refractivity contribution in [3.63, 3.8) is 0 Å². The minimum Gasteiger partial charge on any atom is -0.465 e. The van der Waals surface area contributed by atoms with Crippen LogP contribution in [0.5, 0.6) is 0 Å². The molecule has 0 radical (unpaired) electrons. The zero-order valence-electron chi connectivity index (χ0n) is 8.94. The zero-order valence-corrected chi connectivity index (χ0v) is 7.94. The summed E-state index contributed by atoms with van der Waals surface area (Å²) in [4.78, 5) is 22.4. The Balaban J connectivity index is 0.00000196. The summed E-state index contributed by atoms with van der Waals surface area (Å²) >= 11 is 0. The van der Waals surface area contributed by atoms with Crippen LogP contribution in [0.3, 0.4) is 0 Å². The lowest BCUT2D eigenvalue weighted by Crippen LogP contribution is -2.11. The van der Waals surface area contributed by atoms with Gasteiger partial charge in [-0.3, -0.25) is 0 Å². The van der Waals surface area contributed by atoms with Crippen LogP contribution >= 0.6 is 0 Å². The number of methoxy groups -OCH3 is 2. The molecule has 0 aliphatic carbocycles. The van der Waals surface area contributed by atoms with Gasteiger partial charge in [0.1, 0.15) is 0 Å². The number of hydrogen-bond acceptors (Lipinski definition) is 4. The predicted molar refractivity (Wildman–Crippen MR) is 50.2 cm³/mol. The van der Waals surface area contributed by atoms with Crippen molar-refractivity contribution in [1.29, 1.82) is 0 Å². The Morgan fingerprint density at radius 3 is 1.64 bits per heavy atom. The van der Waals surface area contributed by atoms with Gasteiger partial charge in [-0.05, 0) is 12.1 Å². The van der Waals surface area contributed by atoms with Gasteiger partial charge in [-0.15, -0.1) is 0 Å². The second-order valence-electron chi connectivity index (χ2n) is 2.53. The average molecular weight is 195 g/mol. The Bertz CT molecular complexity index is 327. The van der Waals surface area contributed by atoms with Crippen molar-refractivity contribution in [2.45, 2.75) is 0 Å². The summed E-state index contributed by atoms with van der Waals surface area (Å²) in [5.41, 5.74) is 0.420. The molecule has 0 spiro atoms. The fourth-order valence-electron chi connectivity index (χ4n) is 1.06. The molecule has 4 heteroatoms. The summed E-state index contributed by atoms with van der Waals surface area (Å²) in [7, 11) is 2.52. The Labute approximate surface area is 82.9 Å². The van der Waals surface area contributed by atoms with Gasteiger partial charge in [0.05, 0.1) is 25.3 Å². The topological polar surface area (TPSA) is 52.6 Å². The highest BCUT2D eigenvalue weighted by Crippen LogP contribution is 2.10. The third-order valence-corrected chi connectivity index (χ3v) is 1.74. The molecule has 0 unspecified atom stereocenters. The molecule has 1 aromatic rings. The number of carbonyl (C=O) groups excluding carboxylic acids is 2. The molecule has 0 atom stereocenters. The van der Waals surface area contributed by atoms with Gasteiger partial charge >= 0.3 is 13.4 Å². The van der Waals surface area contributed by atoms with Crippen LogP contribution < -0.4 is 0 Å². The van der Waals surface area contributed by atoms with Gasteiger partial charge in [0.2, 0.25) is 0 Å². The predicted octanol–water partition coefficient (Wildman–Crippen LogP) is 1.37. The van der Waals surface area contributed by atoms with Crippen molar-refractivity contribution in [2.75, 3.05) is 14.2 Å². The quantitative estimate of drug-likeness (QED) is 0.669. The monoisotopic (exact) mass is 195 g/mol. The maximum Gasteiger partial charge on any atom is 1.00 e. The molecule has 0 aliphatic rings. The lowest BCUT2D eigenvalue weighted by atomic mass is 10.1. The van der Waals surface area contributed by atoms with Crippen molar-refractivity contribution in [3.05, 3.63) is 35.4 Å². The Morgan fingerprint density at radius 2 is 1.36 bits per heavy atom. The SMILES string of the molecule is COC(=O)c1ccccc1C(=O)OC.[H+]. The number of esters is 2. The van der Waals surface area contributed by atoms with Crippen LogP contribution in [0.25, 0.3) is 0 Å². The molecule has 1 rings (SSSR count). The molecule has 1 aromatic carbocycles. The number of carbonyl (C=O) groups is 2. The summed E-state index contributed by atoms with van der Waals surface area (Å²) in [5, 5.41) is 0. The molecular formula is C10H11O4+. The van der Waals surface area contributed by atoms with Gasteiger partial charge in [0.25, 0.3) is 0 Å². The molecule has 0 fully saturated rings. The second kappa shape index (κ2) is 4.41. The number of hydrogen-bond donors (Lipinski definition) is 0. The van der Waals surface area contributed by atoms with E-state index in [1.54, 1.807) is 12.1 Å². The molecule has 0 saturated carbocycles. The fraction of sp³-hybridized carbons (Fsp3) is 0.200. The standard InChI is InChI=1S/C10H10O4/c1-13-9(11)7-5-3-4-6-8(7)10(12)14-2/h3-6H,1-2H3/p+1. The Morgan fingerprint density at radius 1 is 1.00 bits per heavy atom. The first-order valence-corrected chi connectivity index (χ1v) is 3.96. The van der Waals surface area contributed by atoms with E-state index in [0.29, 0.717) is 0 Å². The molecule has 74 valence electrons. The minimum atomic E-state index is -0.550. The molecule has 0 amide bonds. The Kier molecular flexibility index (Phi) is 3.23. The molecule has 0 bridgehead atoms. The van der Waals surface area contributed by atoms with Crippen LogP contribution in [-0.2, 0) is 9.47 Å². The molecule has 0 aromatic heterocycles. The number of benzene rings is 1. The highest BCUT2D eigenvalue weighted by molar-refractivity contribution is 6.02. The normalized spacial score (nSPS) is 9.29. The summed E-state index contributed by atoms with van der Waals surface area (Å²) in [5.74, 6) is -1.10. The van der Waals surface area contributed by atoms with Crippen molar-refractivity contribution in [1.82, 2.24) is 0 Å². The first-order chi connectivity index (χ1) is 6.70. The van der Waals surface area contributed by atoms with E-state index in [1.807, 2.05) is 0 Å². The van der Waals surface area contributed by atoms with Gasteiger partial charge in [-0.1, -0.05) is 12.1 Å². The number of ether oxygens (including phenoxy) is 2. The van der Waals surface area contributed by atoms with Gasteiger partial charge in [0.15, 0.2) is 0 Å². The maximum atomic E-state index is 11.2. The van der Waals surface area contributed by atoms with Gasteiger partial charge < -0.3 is 9.47 Å². The lowest BCUT2D eigenvalue weighted by Gasteiger charge is -2.04. The first kappa shape index (κ1) is 10.2.